The third-order valence-corrected chi connectivity index (χ3v) is 24.5. The lowest BCUT2D eigenvalue weighted by Gasteiger charge is -2.69. The van der Waals surface area contributed by atoms with E-state index >= 15 is 0 Å². The molecule has 10 aliphatic rings. The molecule has 0 aromatic carbocycles. The molecule has 0 aromatic heterocycles. The van der Waals surface area contributed by atoms with E-state index in [4.69, 9.17) is 13.1 Å². The molecule has 6 saturated carbocycles. The molecule has 0 saturated heterocycles. The summed E-state index contributed by atoms with van der Waals surface area (Å²) < 4.78 is 0. The summed E-state index contributed by atoms with van der Waals surface area (Å²) in [6.45, 7) is 48.8. The van der Waals surface area contributed by atoms with Crippen molar-refractivity contribution >= 4 is 29.1 Å². The Balaban J connectivity index is 0.000000174. The number of rotatable bonds is 1. The average molecular weight is 953 g/mol. The van der Waals surface area contributed by atoms with Gasteiger partial charge in [-0.05, 0) is 164 Å². The first-order valence-corrected chi connectivity index (χ1v) is 27.1. The van der Waals surface area contributed by atoms with Crippen molar-refractivity contribution in [1.82, 2.24) is 0 Å². The molecule has 0 bridgehead atoms. The van der Waals surface area contributed by atoms with Crippen LogP contribution in [-0.2, 0) is 24.0 Å². The van der Waals surface area contributed by atoms with Crippen LogP contribution in [0, 0.1) is 114 Å². The predicted molar refractivity (Wildman–Crippen MR) is 273 cm³/mol. The highest BCUT2D eigenvalue weighted by molar-refractivity contribution is 6.04. The number of Topliss-reactive ketones (excluding diaryl/α,β-unsaturated/α-hetero) is 2. The summed E-state index contributed by atoms with van der Waals surface area (Å²) in [5, 5.41) is 10.5. The van der Waals surface area contributed by atoms with Crippen LogP contribution in [0.3, 0.4) is 0 Å². The molecular formula is C62H84N2O6. The van der Waals surface area contributed by atoms with Crippen molar-refractivity contribution in [2.45, 2.75) is 194 Å². The number of ketones is 4. The number of carboxylic acid groups (broad SMARTS) is 1. The van der Waals surface area contributed by atoms with Gasteiger partial charge < -0.3 is 14.7 Å². The number of aliphatic carboxylic acids is 1. The van der Waals surface area contributed by atoms with Crippen LogP contribution in [0.15, 0.2) is 46.8 Å². The van der Waals surface area contributed by atoms with Crippen LogP contribution in [-0.4, -0.2) is 34.2 Å². The topological polar surface area (TPSA) is 114 Å². The van der Waals surface area contributed by atoms with E-state index in [1.54, 1.807) is 0 Å². The van der Waals surface area contributed by atoms with Gasteiger partial charge in [-0.1, -0.05) is 127 Å². The molecule has 0 aliphatic heterocycles. The molecule has 0 radical (unpaired) electrons. The Morgan fingerprint density at radius 2 is 0.900 bits per heavy atom. The van der Waals surface area contributed by atoms with Crippen LogP contribution in [0.4, 0.5) is 0 Å². The summed E-state index contributed by atoms with van der Waals surface area (Å²) in [7, 11) is 0. The lowest BCUT2D eigenvalue weighted by Crippen LogP contribution is -2.65. The first-order chi connectivity index (χ1) is 32.1. The minimum Gasteiger partial charge on any atom is -0.481 e. The molecule has 14 atom stereocenters. The zero-order valence-corrected chi connectivity index (χ0v) is 45.6. The second-order valence-corrected chi connectivity index (χ2v) is 29.6. The number of fused-ring (bicyclic) bond motifs is 14. The number of allylic oxidation sites excluding steroid dienone is 8. The van der Waals surface area contributed by atoms with Gasteiger partial charge in [0.25, 0.3) is 0 Å². The van der Waals surface area contributed by atoms with Crippen molar-refractivity contribution in [3.8, 4) is 0 Å². The van der Waals surface area contributed by atoms with E-state index in [1.165, 1.54) is 24.8 Å². The standard InChI is InChI=1S/C31H41NO4.C31H43NO2/c1-26(2)11-13-31(25(35)36)14-12-30(7)23(18(31)16-26)20(33)15-22-28(5)17-19(32-8)24(34)27(3,4)21(28)9-10-29(22,30)6;1-26(2)12-13-28(5)14-15-31(8)24(19(28)17-26)21(33)16-23-29(6)18-20(32-9)25(34)27(3,4)22(29)10-11-30(23,31)7/h15,17-18,21,23H,9-14,16H2,1-7H3,(H,35,36);16,18-19,22,24H,10-15,17H2,1-8H3/t18?,21-,23-,28-,29+,30+,31-;19?,22-,24-,28+,29-,30+,31+/m00/s1. The first-order valence-electron chi connectivity index (χ1n) is 27.1. The smallest absolute Gasteiger partial charge is 0.309 e. The second-order valence-electron chi connectivity index (χ2n) is 29.6. The van der Waals surface area contributed by atoms with Gasteiger partial charge in [-0.2, -0.15) is 0 Å². The molecule has 1 N–H and O–H groups in total. The van der Waals surface area contributed by atoms with Gasteiger partial charge in [0.2, 0.25) is 11.4 Å². The van der Waals surface area contributed by atoms with Gasteiger partial charge in [0.15, 0.2) is 23.1 Å². The van der Waals surface area contributed by atoms with Crippen molar-refractivity contribution in [3.05, 3.63) is 69.7 Å². The molecular weight excluding hydrogens is 869 g/mol. The third-order valence-electron chi connectivity index (χ3n) is 24.5. The maximum atomic E-state index is 14.2. The molecule has 70 heavy (non-hydrogen) atoms. The summed E-state index contributed by atoms with van der Waals surface area (Å²) >= 11 is 0. The molecule has 0 heterocycles. The number of carbonyl (C=O) groups excluding carboxylic acids is 4. The average Bonchev–Trinajstić information content (AvgIpc) is 3.25. The van der Waals surface area contributed by atoms with Crippen LogP contribution in [0.5, 0.6) is 0 Å². The molecule has 0 amide bonds. The van der Waals surface area contributed by atoms with E-state index in [-0.39, 0.29) is 96.2 Å². The van der Waals surface area contributed by atoms with Gasteiger partial charge in [0, 0.05) is 33.5 Å². The molecule has 10 rings (SSSR count). The minimum absolute atomic E-state index is 0.0116. The Morgan fingerprint density at radius 3 is 1.33 bits per heavy atom. The number of carbonyl (C=O) groups is 5. The van der Waals surface area contributed by atoms with Gasteiger partial charge in [-0.3, -0.25) is 14.4 Å². The summed E-state index contributed by atoms with van der Waals surface area (Å²) in [5.41, 5.74) is -0.645. The fraction of sp³-hybridized carbons (Fsp3) is 0.758. The number of hydrogen-bond donors (Lipinski definition) is 1. The Bertz CT molecular complexity index is 2620. The Hall–Kier alpha value is -3.91. The fourth-order valence-electron chi connectivity index (χ4n) is 19.8. The zero-order valence-electron chi connectivity index (χ0n) is 45.6. The Morgan fingerprint density at radius 1 is 0.529 bits per heavy atom. The SMILES string of the molecule is [C-]#[N+]C1=C[C@]2(C)C3=CC(=O)[C@@H]4C5CC(C)(C)CC[C@]5(C(=O)O)CC[C@@]4(C)[C@]3(C)CC[C@H]2C(C)(C)C1=O.[C-]#[N+]C1=C[C@]2(C)C3=CC(=O)[C@@H]4C5CC(C)(C)CC[C@]5(C)CC[C@@]4(C)[C@]3(C)CC[C@H]2C(C)(C)C1=O. The maximum absolute atomic E-state index is 14.2. The summed E-state index contributed by atoms with van der Waals surface area (Å²) in [5.74, 6) is -0.331. The van der Waals surface area contributed by atoms with Crippen molar-refractivity contribution in [1.29, 1.82) is 0 Å². The van der Waals surface area contributed by atoms with E-state index in [1.807, 2.05) is 52.0 Å². The van der Waals surface area contributed by atoms with Gasteiger partial charge in [-0.15, -0.1) is 0 Å². The Labute approximate surface area is 420 Å². The number of nitrogens with zero attached hydrogens (tertiary/aromatic N) is 2. The number of carboxylic acids is 1. The Kier molecular flexibility index (Phi) is 11.0. The maximum Gasteiger partial charge on any atom is 0.309 e. The molecule has 0 aromatic rings. The summed E-state index contributed by atoms with van der Waals surface area (Å²) in [6, 6.07) is 0. The highest BCUT2D eigenvalue weighted by Crippen LogP contribution is 2.77. The highest BCUT2D eigenvalue weighted by atomic mass is 16.4. The van der Waals surface area contributed by atoms with Crippen LogP contribution < -0.4 is 0 Å². The van der Waals surface area contributed by atoms with Crippen molar-refractivity contribution in [2.75, 3.05) is 0 Å². The molecule has 10 aliphatic carbocycles. The molecule has 6 fully saturated rings. The third kappa shape index (κ3) is 6.37. The molecule has 8 heteroatoms. The van der Waals surface area contributed by atoms with Gasteiger partial charge in [-0.25, -0.2) is 9.69 Å². The normalized spacial score (nSPS) is 47.7. The molecule has 2 unspecified atom stereocenters. The lowest BCUT2D eigenvalue weighted by molar-refractivity contribution is -0.188. The van der Waals surface area contributed by atoms with Crippen molar-refractivity contribution in [3.63, 3.8) is 0 Å². The molecule has 378 valence electrons. The summed E-state index contributed by atoms with van der Waals surface area (Å²) in [6.07, 6.45) is 20.9. The van der Waals surface area contributed by atoms with E-state index in [0.717, 1.165) is 56.9 Å². The van der Waals surface area contributed by atoms with E-state index in [2.05, 4.69) is 85.9 Å². The van der Waals surface area contributed by atoms with E-state index in [9.17, 15) is 29.1 Å². The molecule has 8 nitrogen and oxygen atoms in total. The van der Waals surface area contributed by atoms with Crippen LogP contribution in [0.2, 0.25) is 0 Å². The van der Waals surface area contributed by atoms with Gasteiger partial charge in [0.05, 0.1) is 18.6 Å². The van der Waals surface area contributed by atoms with Crippen molar-refractivity contribution in [2.24, 2.45) is 100 Å². The van der Waals surface area contributed by atoms with Crippen LogP contribution in [0.1, 0.15) is 194 Å². The second kappa shape index (κ2) is 15.1. The van der Waals surface area contributed by atoms with Gasteiger partial charge >= 0.3 is 5.97 Å². The highest BCUT2D eigenvalue weighted by Gasteiger charge is 2.72. The van der Waals surface area contributed by atoms with Gasteiger partial charge in [0.1, 0.15) is 0 Å². The van der Waals surface area contributed by atoms with Crippen molar-refractivity contribution < 1.29 is 29.1 Å². The fourth-order valence-corrected chi connectivity index (χ4v) is 19.8. The first kappa shape index (κ1) is 51.0. The summed E-state index contributed by atoms with van der Waals surface area (Å²) in [4.78, 5) is 74.8. The quantitative estimate of drug-likeness (QED) is 0.262. The number of hydrogen-bond acceptors (Lipinski definition) is 5. The predicted octanol–water partition coefficient (Wildman–Crippen LogP) is 14.2. The van der Waals surface area contributed by atoms with E-state index in [0.29, 0.717) is 31.0 Å². The van der Waals surface area contributed by atoms with E-state index < -0.39 is 33.0 Å². The van der Waals surface area contributed by atoms with Crippen LogP contribution >= 0.6 is 0 Å². The molecule has 0 spiro atoms. The largest absolute Gasteiger partial charge is 0.481 e. The lowest BCUT2D eigenvalue weighted by atomic mass is 9.34. The minimum atomic E-state index is -0.825. The zero-order chi connectivity index (χ0) is 51.8. The monoisotopic (exact) mass is 953 g/mol. The van der Waals surface area contributed by atoms with Crippen LogP contribution in [0.25, 0.3) is 9.69 Å².